The number of nitrogens with two attached hydrogens (primary N) is 1. The molecule has 0 aromatic rings. The lowest BCUT2D eigenvalue weighted by molar-refractivity contribution is -0.127. The first kappa shape index (κ1) is 16.2. The molecule has 0 saturated carbocycles. The van der Waals surface area contributed by atoms with Crippen molar-refractivity contribution in [3.8, 4) is 0 Å². The second-order valence-electron chi connectivity index (χ2n) is 2.47. The monoisotopic (exact) mass is 221 g/mol. The Kier molecular flexibility index (Phi) is 10.0. The van der Waals surface area contributed by atoms with Crippen LogP contribution in [0.4, 0.5) is 0 Å². The van der Waals surface area contributed by atoms with Gasteiger partial charge >= 0.3 is 0 Å². The SMILES string of the molecule is C=CC(N)=O.O=C[C@@H](O)[C@H](O)[C@H](O)CO. The van der Waals surface area contributed by atoms with E-state index in [4.69, 9.17) is 20.4 Å². The molecule has 0 aliphatic rings. The van der Waals surface area contributed by atoms with Gasteiger partial charge in [-0.05, 0) is 6.08 Å². The summed E-state index contributed by atoms with van der Waals surface area (Å²) in [6.45, 7) is 2.40. The molecule has 0 heterocycles. The number of rotatable bonds is 5. The molecule has 0 aromatic heterocycles. The lowest BCUT2D eigenvalue weighted by Gasteiger charge is -2.16. The van der Waals surface area contributed by atoms with E-state index in [9.17, 15) is 9.59 Å². The van der Waals surface area contributed by atoms with Gasteiger partial charge in [0, 0.05) is 0 Å². The Morgan fingerprint density at radius 3 is 2.00 bits per heavy atom. The lowest BCUT2D eigenvalue weighted by Crippen LogP contribution is -2.40. The van der Waals surface area contributed by atoms with Crippen molar-refractivity contribution in [3.63, 3.8) is 0 Å². The van der Waals surface area contributed by atoms with E-state index in [2.05, 4.69) is 12.3 Å². The number of aliphatic hydroxyl groups excluding tert-OH is 4. The van der Waals surface area contributed by atoms with Crippen molar-refractivity contribution in [3.05, 3.63) is 12.7 Å². The molecule has 0 bridgehead atoms. The summed E-state index contributed by atoms with van der Waals surface area (Å²) in [5.41, 5.74) is 4.53. The van der Waals surface area contributed by atoms with Crippen LogP contribution < -0.4 is 5.73 Å². The van der Waals surface area contributed by atoms with E-state index in [-0.39, 0.29) is 6.29 Å². The van der Waals surface area contributed by atoms with E-state index in [0.29, 0.717) is 0 Å². The Hall–Kier alpha value is -1.28. The number of amides is 1. The fourth-order valence-corrected chi connectivity index (χ4v) is 0.416. The van der Waals surface area contributed by atoms with Gasteiger partial charge in [0.25, 0.3) is 0 Å². The topological polar surface area (TPSA) is 141 Å². The van der Waals surface area contributed by atoms with Crippen LogP contribution in [0, 0.1) is 0 Å². The summed E-state index contributed by atoms with van der Waals surface area (Å²) >= 11 is 0. The van der Waals surface area contributed by atoms with Crippen LogP contribution in [0.15, 0.2) is 12.7 Å². The summed E-state index contributed by atoms with van der Waals surface area (Å²) in [6, 6.07) is 0. The van der Waals surface area contributed by atoms with Gasteiger partial charge in [0.15, 0.2) is 6.29 Å². The molecule has 0 saturated heterocycles. The van der Waals surface area contributed by atoms with Crippen LogP contribution in [0.5, 0.6) is 0 Å². The van der Waals surface area contributed by atoms with Crippen molar-refractivity contribution in [2.75, 3.05) is 6.61 Å². The number of primary amides is 1. The van der Waals surface area contributed by atoms with Crippen LogP contribution in [0.3, 0.4) is 0 Å². The number of carbonyl (C=O) groups is 2. The maximum absolute atomic E-state index is 9.76. The number of aldehydes is 1. The van der Waals surface area contributed by atoms with Crippen molar-refractivity contribution in [1.29, 1.82) is 0 Å². The van der Waals surface area contributed by atoms with Gasteiger partial charge in [-0.15, -0.1) is 0 Å². The zero-order valence-corrected chi connectivity index (χ0v) is 7.98. The van der Waals surface area contributed by atoms with E-state index in [1.165, 1.54) is 0 Å². The van der Waals surface area contributed by atoms with Crippen molar-refractivity contribution in [1.82, 2.24) is 0 Å². The minimum atomic E-state index is -1.64. The zero-order valence-electron chi connectivity index (χ0n) is 7.98. The first-order chi connectivity index (χ1) is 6.90. The fourth-order valence-electron chi connectivity index (χ4n) is 0.416. The molecule has 7 heteroatoms. The Labute approximate surface area is 86.4 Å². The predicted octanol–water partition coefficient (Wildman–Crippen LogP) is -3.08. The first-order valence-corrected chi connectivity index (χ1v) is 3.92. The third-order valence-corrected chi connectivity index (χ3v) is 1.27. The molecule has 0 aromatic carbocycles. The molecule has 0 radical (unpaired) electrons. The van der Waals surface area contributed by atoms with Crippen LogP contribution in [0.25, 0.3) is 0 Å². The molecule has 15 heavy (non-hydrogen) atoms. The Bertz CT molecular complexity index is 207. The standard InChI is InChI=1S/C5H10O5.C3H5NO/c6-1-3(8)5(10)4(9)2-7;1-2-3(4)5/h1,3-5,7-10H,2H2;2H,1H2,(H2,4,5)/t3-,4-,5+;/m1./s1. The van der Waals surface area contributed by atoms with Crippen molar-refractivity contribution in [2.45, 2.75) is 18.3 Å². The van der Waals surface area contributed by atoms with Crippen molar-refractivity contribution < 1.29 is 30.0 Å². The van der Waals surface area contributed by atoms with Gasteiger partial charge in [0.1, 0.15) is 18.3 Å². The van der Waals surface area contributed by atoms with Gasteiger partial charge in [0.05, 0.1) is 6.61 Å². The highest BCUT2D eigenvalue weighted by atomic mass is 16.4. The van der Waals surface area contributed by atoms with Crippen LogP contribution in [0.2, 0.25) is 0 Å². The number of aliphatic hydroxyl groups is 4. The van der Waals surface area contributed by atoms with Crippen LogP contribution >= 0.6 is 0 Å². The Morgan fingerprint density at radius 1 is 1.40 bits per heavy atom. The molecular weight excluding hydrogens is 206 g/mol. The molecule has 0 aliphatic heterocycles. The van der Waals surface area contributed by atoms with Gasteiger partial charge in [-0.25, -0.2) is 0 Å². The molecule has 0 spiro atoms. The molecular formula is C8H15NO6. The average molecular weight is 221 g/mol. The van der Waals surface area contributed by atoms with Crippen molar-refractivity contribution >= 4 is 12.2 Å². The Morgan fingerprint density at radius 2 is 1.80 bits per heavy atom. The fraction of sp³-hybridized carbons (Fsp3) is 0.500. The molecule has 7 nitrogen and oxygen atoms in total. The minimum Gasteiger partial charge on any atom is -0.394 e. The number of carbonyl (C=O) groups excluding carboxylic acids is 2. The molecule has 1 amide bonds. The van der Waals surface area contributed by atoms with Gasteiger partial charge in [-0.2, -0.15) is 0 Å². The maximum atomic E-state index is 9.76. The zero-order chi connectivity index (χ0) is 12.4. The van der Waals surface area contributed by atoms with E-state index in [1.807, 2.05) is 0 Å². The van der Waals surface area contributed by atoms with Gasteiger partial charge < -0.3 is 31.0 Å². The highest BCUT2D eigenvalue weighted by Gasteiger charge is 2.22. The second kappa shape index (κ2) is 9.28. The smallest absolute Gasteiger partial charge is 0.240 e. The van der Waals surface area contributed by atoms with Gasteiger partial charge in [-0.1, -0.05) is 6.58 Å². The van der Waals surface area contributed by atoms with E-state index >= 15 is 0 Å². The summed E-state index contributed by atoms with van der Waals surface area (Å²) in [7, 11) is 0. The molecule has 0 unspecified atom stereocenters. The van der Waals surface area contributed by atoms with Crippen molar-refractivity contribution in [2.24, 2.45) is 5.73 Å². The quantitative estimate of drug-likeness (QED) is 0.246. The lowest BCUT2D eigenvalue weighted by atomic mass is 10.1. The molecule has 0 aliphatic carbocycles. The van der Waals surface area contributed by atoms with E-state index < -0.39 is 30.8 Å². The van der Waals surface area contributed by atoms with Crippen LogP contribution in [-0.4, -0.2) is 57.5 Å². The normalized spacial score (nSPS) is 15.2. The van der Waals surface area contributed by atoms with E-state index in [0.717, 1.165) is 6.08 Å². The molecule has 0 fully saturated rings. The molecule has 0 rings (SSSR count). The summed E-state index contributed by atoms with van der Waals surface area (Å²) in [5.74, 6) is -0.481. The van der Waals surface area contributed by atoms with E-state index in [1.54, 1.807) is 0 Å². The third kappa shape index (κ3) is 9.03. The second-order valence-corrected chi connectivity index (χ2v) is 2.47. The highest BCUT2D eigenvalue weighted by Crippen LogP contribution is 1.96. The molecule has 6 N–H and O–H groups in total. The third-order valence-electron chi connectivity index (χ3n) is 1.27. The summed E-state index contributed by atoms with van der Waals surface area (Å²) in [5, 5.41) is 34.1. The largest absolute Gasteiger partial charge is 0.394 e. The minimum absolute atomic E-state index is 0.0869. The van der Waals surface area contributed by atoms with Gasteiger partial charge in [-0.3, -0.25) is 4.79 Å². The Balaban J connectivity index is 0. The highest BCUT2D eigenvalue weighted by molar-refractivity contribution is 5.84. The predicted molar refractivity (Wildman–Crippen MR) is 50.6 cm³/mol. The number of hydrogen-bond acceptors (Lipinski definition) is 6. The maximum Gasteiger partial charge on any atom is 0.240 e. The van der Waals surface area contributed by atoms with Crippen LogP contribution in [-0.2, 0) is 9.59 Å². The van der Waals surface area contributed by atoms with Crippen LogP contribution in [0.1, 0.15) is 0 Å². The average Bonchev–Trinajstić information content (AvgIpc) is 2.26. The summed E-state index contributed by atoms with van der Waals surface area (Å²) in [6.07, 6.45) is -3.58. The summed E-state index contributed by atoms with van der Waals surface area (Å²) in [4.78, 5) is 19.2. The first-order valence-electron chi connectivity index (χ1n) is 3.92. The number of hydrogen-bond donors (Lipinski definition) is 5. The molecule has 3 atom stereocenters. The van der Waals surface area contributed by atoms with Gasteiger partial charge in [0.2, 0.25) is 5.91 Å². The molecule has 88 valence electrons. The summed E-state index contributed by atoms with van der Waals surface area (Å²) < 4.78 is 0.